The fraction of sp³-hybridized carbons (Fsp3) is 0.200. The topological polar surface area (TPSA) is 51.0 Å². The fourth-order valence-corrected chi connectivity index (χ4v) is 2.47. The molecule has 0 aliphatic heterocycles. The van der Waals surface area contributed by atoms with Crippen molar-refractivity contribution in [3.63, 3.8) is 0 Å². The van der Waals surface area contributed by atoms with Gasteiger partial charge in [0.25, 0.3) is 5.89 Å². The molecule has 1 N–H and O–H groups in total. The molecule has 0 saturated heterocycles. The Bertz CT molecular complexity index is 499. The van der Waals surface area contributed by atoms with Gasteiger partial charge >= 0.3 is 0 Å². The lowest BCUT2D eigenvalue weighted by Gasteiger charge is -1.98. The average Bonchev–Trinajstić information content (AvgIpc) is 2.67. The smallest absolute Gasteiger partial charge is 0.259 e. The number of benzene rings is 1. The Morgan fingerprint density at radius 2 is 2.19 bits per heavy atom. The number of rotatable bonds is 3. The van der Waals surface area contributed by atoms with Crippen molar-refractivity contribution in [2.75, 3.05) is 7.05 Å². The first-order valence-electron chi connectivity index (χ1n) is 4.63. The van der Waals surface area contributed by atoms with Crippen LogP contribution in [0.3, 0.4) is 0 Å². The van der Waals surface area contributed by atoms with Crippen LogP contribution >= 0.6 is 31.9 Å². The molecule has 0 fully saturated rings. The van der Waals surface area contributed by atoms with Crippen molar-refractivity contribution in [1.82, 2.24) is 15.5 Å². The molecule has 0 unspecified atom stereocenters. The summed E-state index contributed by atoms with van der Waals surface area (Å²) in [5.41, 5.74) is 0.887. The third-order valence-corrected chi connectivity index (χ3v) is 3.11. The van der Waals surface area contributed by atoms with E-state index in [1.165, 1.54) is 0 Å². The zero-order valence-electron chi connectivity index (χ0n) is 8.50. The lowest BCUT2D eigenvalue weighted by atomic mass is 10.2. The van der Waals surface area contributed by atoms with Gasteiger partial charge in [0.1, 0.15) is 0 Å². The second-order valence-corrected chi connectivity index (χ2v) is 4.94. The van der Waals surface area contributed by atoms with E-state index < -0.39 is 0 Å². The predicted octanol–water partition coefficient (Wildman–Crippen LogP) is 2.98. The van der Waals surface area contributed by atoms with Crippen LogP contribution in [0.4, 0.5) is 0 Å². The fourth-order valence-electron chi connectivity index (χ4n) is 1.26. The van der Waals surface area contributed by atoms with Crippen LogP contribution in [0.5, 0.6) is 0 Å². The van der Waals surface area contributed by atoms with Gasteiger partial charge in [-0.15, -0.1) is 0 Å². The summed E-state index contributed by atoms with van der Waals surface area (Å²) in [7, 11) is 1.84. The summed E-state index contributed by atoms with van der Waals surface area (Å²) in [5, 5.41) is 6.83. The number of halogens is 2. The van der Waals surface area contributed by atoms with Crippen LogP contribution in [0, 0.1) is 0 Å². The molecule has 0 amide bonds. The van der Waals surface area contributed by atoms with Gasteiger partial charge in [0.2, 0.25) is 0 Å². The Kier molecular flexibility index (Phi) is 3.73. The first-order valence-corrected chi connectivity index (χ1v) is 6.22. The molecule has 1 aromatic carbocycles. The quantitative estimate of drug-likeness (QED) is 0.928. The summed E-state index contributed by atoms with van der Waals surface area (Å²) >= 11 is 6.85. The first kappa shape index (κ1) is 11.8. The van der Waals surface area contributed by atoms with Crippen LogP contribution in [-0.2, 0) is 6.54 Å². The van der Waals surface area contributed by atoms with E-state index in [9.17, 15) is 0 Å². The third kappa shape index (κ3) is 2.50. The van der Waals surface area contributed by atoms with E-state index in [0.29, 0.717) is 18.3 Å². The molecule has 0 spiro atoms. The first-order chi connectivity index (χ1) is 7.70. The maximum absolute atomic E-state index is 5.18. The summed E-state index contributed by atoms with van der Waals surface area (Å²) in [6.07, 6.45) is 0. The summed E-state index contributed by atoms with van der Waals surface area (Å²) in [6.45, 7) is 0.595. The van der Waals surface area contributed by atoms with Crippen molar-refractivity contribution in [3.05, 3.63) is 33.0 Å². The summed E-state index contributed by atoms with van der Waals surface area (Å²) in [6, 6.07) is 5.80. The summed E-state index contributed by atoms with van der Waals surface area (Å²) in [5.74, 6) is 1.16. The van der Waals surface area contributed by atoms with E-state index in [-0.39, 0.29) is 0 Å². The lowest BCUT2D eigenvalue weighted by molar-refractivity contribution is 0.420. The van der Waals surface area contributed by atoms with Crippen molar-refractivity contribution < 1.29 is 4.52 Å². The number of hydrogen-bond donors (Lipinski definition) is 1. The van der Waals surface area contributed by atoms with E-state index in [4.69, 9.17) is 4.52 Å². The van der Waals surface area contributed by atoms with Crippen LogP contribution in [-0.4, -0.2) is 17.2 Å². The highest BCUT2D eigenvalue weighted by Crippen LogP contribution is 2.29. The predicted molar refractivity (Wildman–Crippen MR) is 67.9 cm³/mol. The second-order valence-electron chi connectivity index (χ2n) is 3.17. The largest absolute Gasteiger partial charge is 0.334 e. The van der Waals surface area contributed by atoms with Gasteiger partial charge in [-0.3, -0.25) is 0 Å². The van der Waals surface area contributed by atoms with Crippen molar-refractivity contribution in [1.29, 1.82) is 0 Å². The summed E-state index contributed by atoms with van der Waals surface area (Å²) in [4.78, 5) is 4.28. The maximum atomic E-state index is 5.18. The van der Waals surface area contributed by atoms with E-state index in [1.54, 1.807) is 0 Å². The number of nitrogens with one attached hydrogen (secondary N) is 1. The molecule has 1 heterocycles. The Morgan fingerprint density at radius 1 is 1.38 bits per heavy atom. The molecule has 0 saturated carbocycles. The molecular weight excluding hydrogens is 338 g/mol. The van der Waals surface area contributed by atoms with Gasteiger partial charge in [0.15, 0.2) is 5.82 Å². The third-order valence-electron chi connectivity index (χ3n) is 1.96. The minimum Gasteiger partial charge on any atom is -0.334 e. The van der Waals surface area contributed by atoms with Crippen molar-refractivity contribution in [2.24, 2.45) is 0 Å². The van der Waals surface area contributed by atoms with Gasteiger partial charge < -0.3 is 9.84 Å². The standard InChI is InChI=1S/C10H9Br2N3O/c1-13-5-9-14-10(16-15-9)7-3-2-6(11)4-8(7)12/h2-4,13H,5H2,1H3. The van der Waals surface area contributed by atoms with Crippen LogP contribution in [0.1, 0.15) is 5.82 Å². The molecule has 1 aromatic heterocycles. The van der Waals surface area contributed by atoms with Gasteiger partial charge in [-0.1, -0.05) is 21.1 Å². The molecule has 2 aromatic rings. The molecule has 2 rings (SSSR count). The molecule has 0 atom stereocenters. The van der Waals surface area contributed by atoms with Crippen LogP contribution in [0.2, 0.25) is 0 Å². The van der Waals surface area contributed by atoms with Crippen molar-refractivity contribution >= 4 is 31.9 Å². The van der Waals surface area contributed by atoms with Gasteiger partial charge in [0, 0.05) is 8.95 Å². The molecule has 16 heavy (non-hydrogen) atoms. The maximum Gasteiger partial charge on any atom is 0.259 e. The monoisotopic (exact) mass is 345 g/mol. The van der Waals surface area contributed by atoms with Crippen LogP contribution in [0.25, 0.3) is 11.5 Å². The Hall–Kier alpha value is -0.720. The molecule has 84 valence electrons. The van der Waals surface area contributed by atoms with Crippen molar-refractivity contribution in [2.45, 2.75) is 6.54 Å². The molecule has 6 heteroatoms. The number of aromatic nitrogens is 2. The van der Waals surface area contributed by atoms with E-state index in [2.05, 4.69) is 47.3 Å². The minimum atomic E-state index is 0.518. The number of nitrogens with zero attached hydrogens (tertiary/aromatic N) is 2. The highest BCUT2D eigenvalue weighted by molar-refractivity contribution is 9.11. The average molecular weight is 347 g/mol. The van der Waals surface area contributed by atoms with Gasteiger partial charge in [0.05, 0.1) is 12.1 Å². The van der Waals surface area contributed by atoms with Gasteiger partial charge in [-0.2, -0.15) is 4.98 Å². The lowest BCUT2D eigenvalue weighted by Crippen LogP contribution is -2.06. The highest BCUT2D eigenvalue weighted by atomic mass is 79.9. The molecular formula is C10H9Br2N3O. The highest BCUT2D eigenvalue weighted by Gasteiger charge is 2.11. The van der Waals surface area contributed by atoms with Gasteiger partial charge in [-0.05, 0) is 41.2 Å². The Morgan fingerprint density at radius 3 is 2.88 bits per heavy atom. The van der Waals surface area contributed by atoms with Crippen LogP contribution in [0.15, 0.2) is 31.7 Å². The molecule has 0 bridgehead atoms. The molecule has 0 radical (unpaired) electrons. The minimum absolute atomic E-state index is 0.518. The zero-order valence-corrected chi connectivity index (χ0v) is 11.7. The van der Waals surface area contributed by atoms with E-state index >= 15 is 0 Å². The zero-order chi connectivity index (χ0) is 11.5. The second kappa shape index (κ2) is 5.07. The number of hydrogen-bond acceptors (Lipinski definition) is 4. The Balaban J connectivity index is 2.35. The normalized spacial score (nSPS) is 10.7. The van der Waals surface area contributed by atoms with E-state index in [1.807, 2.05) is 25.2 Å². The van der Waals surface area contributed by atoms with Gasteiger partial charge in [-0.25, -0.2) is 0 Å². The SMILES string of the molecule is CNCc1noc(-c2ccc(Br)cc2Br)n1. The van der Waals surface area contributed by atoms with Crippen LogP contribution < -0.4 is 5.32 Å². The molecule has 0 aliphatic carbocycles. The van der Waals surface area contributed by atoms with E-state index in [0.717, 1.165) is 14.5 Å². The van der Waals surface area contributed by atoms with Crippen molar-refractivity contribution in [3.8, 4) is 11.5 Å². The molecule has 0 aliphatic rings. The Labute approximate surface area is 110 Å². The molecule has 4 nitrogen and oxygen atoms in total. The summed E-state index contributed by atoms with van der Waals surface area (Å²) < 4.78 is 7.09.